The molecule has 1 aromatic carbocycles. The Morgan fingerprint density at radius 1 is 1.20 bits per heavy atom. The second-order valence-corrected chi connectivity index (χ2v) is 6.76. The highest BCUT2D eigenvalue weighted by Crippen LogP contribution is 2.25. The van der Waals surface area contributed by atoms with Crippen molar-refractivity contribution >= 4 is 11.8 Å². The van der Waals surface area contributed by atoms with Crippen molar-refractivity contribution in [2.24, 2.45) is 5.92 Å². The number of ether oxygens (including phenoxy) is 2. The van der Waals surface area contributed by atoms with Gasteiger partial charge in [-0.05, 0) is 30.9 Å². The first-order valence-corrected chi connectivity index (χ1v) is 8.82. The van der Waals surface area contributed by atoms with Crippen LogP contribution in [0.2, 0.25) is 0 Å². The molecule has 2 rings (SSSR count). The molecule has 6 heteroatoms. The van der Waals surface area contributed by atoms with Crippen LogP contribution in [-0.4, -0.2) is 49.6 Å². The van der Waals surface area contributed by atoms with Crippen LogP contribution in [0.4, 0.5) is 0 Å². The number of hydrogen-bond donors (Lipinski definition) is 1. The molecule has 0 saturated carbocycles. The molecule has 0 spiro atoms. The minimum atomic E-state index is -0.155. The molecule has 1 aliphatic rings. The summed E-state index contributed by atoms with van der Waals surface area (Å²) in [7, 11) is 1.57. The number of carbonyl (C=O) groups is 2. The maximum absolute atomic E-state index is 12.1. The number of nitrogens with zero attached hydrogens (tertiary/aromatic N) is 1. The van der Waals surface area contributed by atoms with Gasteiger partial charge in [0, 0.05) is 25.6 Å². The first-order valence-electron chi connectivity index (χ1n) is 8.82. The van der Waals surface area contributed by atoms with Crippen LogP contribution in [0.15, 0.2) is 24.3 Å². The highest BCUT2D eigenvalue weighted by Gasteiger charge is 2.24. The molecule has 1 aromatic rings. The Labute approximate surface area is 149 Å². The molecule has 2 amide bonds. The van der Waals surface area contributed by atoms with E-state index in [1.807, 2.05) is 30.9 Å². The van der Waals surface area contributed by atoms with E-state index in [9.17, 15) is 9.59 Å². The quantitative estimate of drug-likeness (QED) is 0.820. The third kappa shape index (κ3) is 5.96. The third-order valence-corrected chi connectivity index (χ3v) is 4.22. The van der Waals surface area contributed by atoms with Gasteiger partial charge in [-0.25, -0.2) is 0 Å². The monoisotopic (exact) mass is 348 g/mol. The first-order chi connectivity index (χ1) is 12.0. The van der Waals surface area contributed by atoms with Crippen LogP contribution in [0.25, 0.3) is 0 Å². The minimum absolute atomic E-state index is 0.0487. The Kier molecular flexibility index (Phi) is 7.10. The van der Waals surface area contributed by atoms with Crippen molar-refractivity contribution < 1.29 is 19.1 Å². The molecule has 1 fully saturated rings. The topological polar surface area (TPSA) is 67.9 Å². The van der Waals surface area contributed by atoms with E-state index in [1.54, 1.807) is 19.2 Å². The summed E-state index contributed by atoms with van der Waals surface area (Å²) in [6, 6.07) is 7.33. The molecule has 0 aliphatic carbocycles. The minimum Gasteiger partial charge on any atom is -0.493 e. The van der Waals surface area contributed by atoms with Gasteiger partial charge >= 0.3 is 0 Å². The van der Waals surface area contributed by atoms with Crippen molar-refractivity contribution in [2.45, 2.75) is 39.2 Å². The number of piperidine rings is 1. The number of amides is 2. The number of nitrogens with one attached hydrogen (secondary N) is 1. The van der Waals surface area contributed by atoms with Crippen molar-refractivity contribution in [1.29, 1.82) is 0 Å². The number of methoxy groups -OCH3 is 1. The predicted octanol–water partition coefficient (Wildman–Crippen LogP) is 2.23. The number of hydrogen-bond acceptors (Lipinski definition) is 4. The van der Waals surface area contributed by atoms with E-state index >= 15 is 0 Å². The number of para-hydroxylation sites is 2. The zero-order valence-electron chi connectivity index (χ0n) is 15.3. The SMILES string of the molecule is COc1ccccc1OCC(=O)NC1CCN(C(=O)CC(C)C)CC1. The molecule has 0 aromatic heterocycles. The van der Waals surface area contributed by atoms with Gasteiger partial charge < -0.3 is 19.7 Å². The van der Waals surface area contributed by atoms with Crippen LogP contribution in [0, 0.1) is 5.92 Å². The molecule has 25 heavy (non-hydrogen) atoms. The molecular formula is C19H28N2O4. The number of carbonyl (C=O) groups excluding carboxylic acids is 2. The molecule has 1 N–H and O–H groups in total. The van der Waals surface area contributed by atoms with Gasteiger partial charge in [0.05, 0.1) is 7.11 Å². The van der Waals surface area contributed by atoms with Crippen LogP contribution >= 0.6 is 0 Å². The smallest absolute Gasteiger partial charge is 0.258 e. The van der Waals surface area contributed by atoms with Gasteiger partial charge in [0.2, 0.25) is 5.91 Å². The largest absolute Gasteiger partial charge is 0.493 e. The van der Waals surface area contributed by atoms with Crippen molar-refractivity contribution in [3.05, 3.63) is 24.3 Å². The fourth-order valence-electron chi connectivity index (χ4n) is 2.90. The summed E-state index contributed by atoms with van der Waals surface area (Å²) in [6.45, 7) is 5.44. The van der Waals surface area contributed by atoms with Crippen molar-refractivity contribution in [2.75, 3.05) is 26.8 Å². The highest BCUT2D eigenvalue weighted by atomic mass is 16.5. The molecule has 0 unspecified atom stereocenters. The van der Waals surface area contributed by atoms with Crippen LogP contribution in [0.1, 0.15) is 33.1 Å². The summed E-state index contributed by atoms with van der Waals surface area (Å²) in [5.74, 6) is 1.58. The molecule has 6 nitrogen and oxygen atoms in total. The van der Waals surface area contributed by atoms with E-state index in [0.29, 0.717) is 36.9 Å². The summed E-state index contributed by atoms with van der Waals surface area (Å²) in [5.41, 5.74) is 0. The van der Waals surface area contributed by atoms with Crippen molar-refractivity contribution in [3.63, 3.8) is 0 Å². The average molecular weight is 348 g/mol. The fourth-order valence-corrected chi connectivity index (χ4v) is 2.90. The van der Waals surface area contributed by atoms with Gasteiger partial charge in [0.15, 0.2) is 18.1 Å². The summed E-state index contributed by atoms with van der Waals surface area (Å²) >= 11 is 0. The maximum Gasteiger partial charge on any atom is 0.258 e. The van der Waals surface area contributed by atoms with Crippen LogP contribution in [0.3, 0.4) is 0 Å². The van der Waals surface area contributed by atoms with Gasteiger partial charge in [-0.3, -0.25) is 9.59 Å². The van der Waals surface area contributed by atoms with Crippen LogP contribution in [0.5, 0.6) is 11.5 Å². The Balaban J connectivity index is 1.72. The van der Waals surface area contributed by atoms with Crippen LogP contribution < -0.4 is 14.8 Å². The van der Waals surface area contributed by atoms with E-state index in [1.165, 1.54) is 0 Å². The number of likely N-dealkylation sites (tertiary alicyclic amines) is 1. The average Bonchev–Trinajstić information content (AvgIpc) is 2.60. The summed E-state index contributed by atoms with van der Waals surface area (Å²) < 4.78 is 10.7. The Morgan fingerprint density at radius 2 is 1.84 bits per heavy atom. The molecule has 1 heterocycles. The zero-order chi connectivity index (χ0) is 18.2. The molecular weight excluding hydrogens is 320 g/mol. The maximum atomic E-state index is 12.1. The third-order valence-electron chi connectivity index (χ3n) is 4.22. The number of benzene rings is 1. The molecule has 1 aliphatic heterocycles. The second-order valence-electron chi connectivity index (χ2n) is 6.76. The molecule has 0 bridgehead atoms. The number of rotatable bonds is 7. The molecule has 0 atom stereocenters. The Hall–Kier alpha value is -2.24. The standard InChI is InChI=1S/C19H28N2O4/c1-14(2)12-19(23)21-10-8-15(9-11-21)20-18(22)13-25-17-7-5-4-6-16(17)24-3/h4-7,14-15H,8-13H2,1-3H3,(H,20,22). The van der Waals surface area contributed by atoms with Crippen molar-refractivity contribution in [3.8, 4) is 11.5 Å². The van der Waals surface area contributed by atoms with Gasteiger partial charge in [-0.1, -0.05) is 26.0 Å². The lowest BCUT2D eigenvalue weighted by molar-refractivity contribution is -0.133. The van der Waals surface area contributed by atoms with Gasteiger partial charge in [-0.15, -0.1) is 0 Å². The van der Waals surface area contributed by atoms with E-state index in [0.717, 1.165) is 12.8 Å². The van der Waals surface area contributed by atoms with Gasteiger partial charge in [0.25, 0.3) is 5.91 Å². The zero-order valence-corrected chi connectivity index (χ0v) is 15.3. The lowest BCUT2D eigenvalue weighted by atomic mass is 10.0. The van der Waals surface area contributed by atoms with Gasteiger partial charge in [-0.2, -0.15) is 0 Å². The highest BCUT2D eigenvalue weighted by molar-refractivity contribution is 5.78. The Morgan fingerprint density at radius 3 is 2.44 bits per heavy atom. The lowest BCUT2D eigenvalue weighted by Gasteiger charge is -2.32. The summed E-state index contributed by atoms with van der Waals surface area (Å²) in [4.78, 5) is 26.0. The summed E-state index contributed by atoms with van der Waals surface area (Å²) in [6.07, 6.45) is 2.15. The Bertz CT molecular complexity index is 581. The normalized spacial score (nSPS) is 15.1. The van der Waals surface area contributed by atoms with E-state index in [2.05, 4.69) is 5.32 Å². The second kappa shape index (κ2) is 9.30. The van der Waals surface area contributed by atoms with Gasteiger partial charge in [0.1, 0.15) is 0 Å². The van der Waals surface area contributed by atoms with Crippen molar-refractivity contribution in [1.82, 2.24) is 10.2 Å². The summed E-state index contributed by atoms with van der Waals surface area (Å²) in [5, 5.41) is 2.98. The first kappa shape index (κ1) is 19.1. The van der Waals surface area contributed by atoms with E-state index in [4.69, 9.17) is 9.47 Å². The van der Waals surface area contributed by atoms with E-state index < -0.39 is 0 Å². The fraction of sp³-hybridized carbons (Fsp3) is 0.579. The van der Waals surface area contributed by atoms with E-state index in [-0.39, 0.29) is 24.5 Å². The lowest BCUT2D eigenvalue weighted by Crippen LogP contribution is -2.47. The molecule has 1 saturated heterocycles. The molecule has 0 radical (unpaired) electrons. The van der Waals surface area contributed by atoms with Crippen LogP contribution in [-0.2, 0) is 9.59 Å². The predicted molar refractivity (Wildman–Crippen MR) is 95.7 cm³/mol. The molecule has 138 valence electrons.